The number of rotatable bonds is 4. The molecule has 2 rings (SSSR count). The van der Waals surface area contributed by atoms with Crippen LogP contribution in [0.3, 0.4) is 0 Å². The number of ether oxygens (including phenoxy) is 1. The first-order valence-electron chi connectivity index (χ1n) is 8.10. The van der Waals surface area contributed by atoms with Crippen molar-refractivity contribution >= 4 is 21.6 Å². The number of hydrogen-bond donors (Lipinski definition) is 1. The summed E-state index contributed by atoms with van der Waals surface area (Å²) in [6.07, 6.45) is 1.10. The summed E-state index contributed by atoms with van der Waals surface area (Å²) in [6, 6.07) is 5.48. The molecule has 1 aliphatic heterocycles. The Bertz CT molecular complexity index is 723. The normalized spacial score (nSPS) is 17.9. The minimum atomic E-state index is -3.52. The molecule has 0 bridgehead atoms. The van der Waals surface area contributed by atoms with Gasteiger partial charge in [0, 0.05) is 6.54 Å². The Labute approximate surface area is 144 Å². The van der Waals surface area contributed by atoms with Crippen LogP contribution in [0, 0.1) is 0 Å². The number of nitrogens with zero attached hydrogens (tertiary/aromatic N) is 1. The van der Waals surface area contributed by atoms with Crippen LogP contribution < -0.4 is 14.4 Å². The third-order valence-corrected chi connectivity index (χ3v) is 5.08. The highest BCUT2D eigenvalue weighted by atomic mass is 32.2. The van der Waals surface area contributed by atoms with Crippen LogP contribution in [0.1, 0.15) is 39.7 Å². The second kappa shape index (κ2) is 6.63. The molecule has 0 aliphatic carbocycles. The van der Waals surface area contributed by atoms with Crippen molar-refractivity contribution in [2.24, 2.45) is 0 Å². The van der Waals surface area contributed by atoms with E-state index in [4.69, 9.17) is 4.74 Å². The second-order valence-corrected chi connectivity index (χ2v) is 9.03. The Balaban J connectivity index is 2.42. The summed E-state index contributed by atoms with van der Waals surface area (Å²) in [6.45, 7) is 8.65. The summed E-state index contributed by atoms with van der Waals surface area (Å²) in [5.41, 5.74) is 1.38. The maximum Gasteiger partial charge on any atom is 0.263 e. The van der Waals surface area contributed by atoms with Crippen LogP contribution in [0.5, 0.6) is 5.75 Å². The van der Waals surface area contributed by atoms with Gasteiger partial charge in [0.05, 0.1) is 18.5 Å². The van der Waals surface area contributed by atoms with E-state index in [0.29, 0.717) is 18.0 Å². The Morgan fingerprint density at radius 1 is 1.38 bits per heavy atom. The van der Waals surface area contributed by atoms with Crippen LogP contribution >= 0.6 is 0 Å². The van der Waals surface area contributed by atoms with E-state index < -0.39 is 16.1 Å². The zero-order chi connectivity index (χ0) is 18.1. The summed E-state index contributed by atoms with van der Waals surface area (Å²) >= 11 is 0. The zero-order valence-electron chi connectivity index (χ0n) is 14.9. The largest absolute Gasteiger partial charge is 0.476 e. The highest BCUT2D eigenvalue weighted by Gasteiger charge is 2.35. The number of fused-ring (bicyclic) bond motifs is 1. The molecule has 134 valence electrons. The molecule has 0 spiro atoms. The third kappa shape index (κ3) is 4.01. The molecule has 1 unspecified atom stereocenters. The van der Waals surface area contributed by atoms with E-state index in [9.17, 15) is 13.2 Å². The fraction of sp³-hybridized carbons (Fsp3) is 0.588. The number of nitrogens with one attached hydrogen (secondary N) is 1. The predicted octanol–water partition coefficient (Wildman–Crippen LogP) is 2.04. The van der Waals surface area contributed by atoms with Gasteiger partial charge in [-0.15, -0.1) is 0 Å². The van der Waals surface area contributed by atoms with Gasteiger partial charge in [-0.1, -0.05) is 33.8 Å². The van der Waals surface area contributed by atoms with Crippen LogP contribution in [0.25, 0.3) is 0 Å². The highest BCUT2D eigenvalue weighted by Crippen LogP contribution is 2.38. The molecule has 1 aromatic carbocycles. The summed E-state index contributed by atoms with van der Waals surface area (Å²) < 4.78 is 31.5. The molecule has 24 heavy (non-hydrogen) atoms. The van der Waals surface area contributed by atoms with Crippen LogP contribution in [0.4, 0.5) is 5.69 Å². The molecule has 1 N–H and O–H groups in total. The van der Waals surface area contributed by atoms with Gasteiger partial charge in [0.25, 0.3) is 5.91 Å². The van der Waals surface area contributed by atoms with Gasteiger partial charge < -0.3 is 10.1 Å². The maximum atomic E-state index is 12.2. The maximum absolute atomic E-state index is 12.2. The number of anilines is 1. The van der Waals surface area contributed by atoms with Crippen molar-refractivity contribution in [1.82, 2.24) is 5.32 Å². The fourth-order valence-electron chi connectivity index (χ4n) is 2.53. The molecule has 1 amide bonds. The lowest BCUT2D eigenvalue weighted by molar-refractivity contribution is -0.127. The monoisotopic (exact) mass is 354 g/mol. The van der Waals surface area contributed by atoms with Crippen LogP contribution in [-0.4, -0.2) is 39.8 Å². The molecular formula is C17H26N2O4S. The van der Waals surface area contributed by atoms with E-state index in [1.54, 1.807) is 6.07 Å². The number of carbonyl (C=O) groups is 1. The molecule has 0 aromatic heterocycles. The molecule has 0 saturated carbocycles. The molecule has 0 radical (unpaired) electrons. The van der Waals surface area contributed by atoms with Crippen molar-refractivity contribution in [1.29, 1.82) is 0 Å². The van der Waals surface area contributed by atoms with Crippen LogP contribution in [0.2, 0.25) is 0 Å². The second-order valence-electron chi connectivity index (χ2n) is 7.12. The number of sulfonamides is 1. The van der Waals surface area contributed by atoms with Crippen LogP contribution in [-0.2, 0) is 20.2 Å². The topological polar surface area (TPSA) is 75.7 Å². The SMILES string of the molecule is CCCNC(=O)C1CN(S(C)(=O)=O)c2cc(C(C)(C)C)ccc2O1. The summed E-state index contributed by atoms with van der Waals surface area (Å²) in [5, 5.41) is 2.76. The van der Waals surface area contributed by atoms with E-state index in [1.165, 1.54) is 4.31 Å². The van der Waals surface area contributed by atoms with Gasteiger partial charge in [-0.05, 0) is 29.5 Å². The average Bonchev–Trinajstić information content (AvgIpc) is 2.49. The number of hydrogen-bond acceptors (Lipinski definition) is 4. The average molecular weight is 354 g/mol. The lowest BCUT2D eigenvalue weighted by Gasteiger charge is -2.35. The van der Waals surface area contributed by atoms with Gasteiger partial charge in [0.2, 0.25) is 10.0 Å². The van der Waals surface area contributed by atoms with Gasteiger partial charge >= 0.3 is 0 Å². The van der Waals surface area contributed by atoms with Gasteiger partial charge in [0.15, 0.2) is 6.10 Å². The van der Waals surface area contributed by atoms with Gasteiger partial charge in [-0.2, -0.15) is 0 Å². The summed E-state index contributed by atoms with van der Waals surface area (Å²) in [7, 11) is -3.52. The van der Waals surface area contributed by atoms with Crippen molar-refractivity contribution in [2.75, 3.05) is 23.7 Å². The number of carbonyl (C=O) groups excluding carboxylic acids is 1. The predicted molar refractivity (Wildman–Crippen MR) is 95.0 cm³/mol. The molecule has 1 atom stereocenters. The first-order valence-corrected chi connectivity index (χ1v) is 9.95. The Hall–Kier alpha value is -1.76. The standard InChI is InChI=1S/C17H26N2O4S/c1-6-9-18-16(20)15-11-19(24(5,21)22)13-10-12(17(2,3)4)7-8-14(13)23-15/h7-8,10,15H,6,9,11H2,1-5H3,(H,18,20). The molecule has 0 saturated heterocycles. The Morgan fingerprint density at radius 3 is 2.58 bits per heavy atom. The lowest BCUT2D eigenvalue weighted by Crippen LogP contribution is -2.50. The molecule has 1 aliphatic rings. The molecular weight excluding hydrogens is 328 g/mol. The van der Waals surface area contributed by atoms with Gasteiger partial charge in [0.1, 0.15) is 5.75 Å². The smallest absolute Gasteiger partial charge is 0.263 e. The van der Waals surface area contributed by atoms with Crippen molar-refractivity contribution in [2.45, 2.75) is 45.6 Å². The van der Waals surface area contributed by atoms with Crippen molar-refractivity contribution in [3.63, 3.8) is 0 Å². The molecule has 1 aromatic rings. The van der Waals surface area contributed by atoms with Crippen molar-refractivity contribution in [3.05, 3.63) is 23.8 Å². The van der Waals surface area contributed by atoms with E-state index in [2.05, 4.69) is 26.1 Å². The minimum absolute atomic E-state index is 0.0189. The Kier molecular flexibility index (Phi) is 5.13. The van der Waals surface area contributed by atoms with Gasteiger partial charge in [-0.25, -0.2) is 8.42 Å². The molecule has 0 fully saturated rings. The Morgan fingerprint density at radius 2 is 2.04 bits per heavy atom. The number of benzene rings is 1. The van der Waals surface area contributed by atoms with Crippen molar-refractivity contribution < 1.29 is 17.9 Å². The van der Waals surface area contributed by atoms with E-state index in [-0.39, 0.29) is 17.9 Å². The molecule has 7 heteroatoms. The summed E-state index contributed by atoms with van der Waals surface area (Å²) in [4.78, 5) is 12.2. The lowest BCUT2D eigenvalue weighted by atomic mass is 9.86. The zero-order valence-corrected chi connectivity index (χ0v) is 15.7. The molecule has 6 nitrogen and oxygen atoms in total. The third-order valence-electron chi connectivity index (χ3n) is 3.94. The van der Waals surface area contributed by atoms with E-state index >= 15 is 0 Å². The van der Waals surface area contributed by atoms with Crippen molar-refractivity contribution in [3.8, 4) is 5.75 Å². The molecule has 1 heterocycles. The van der Waals surface area contributed by atoms with E-state index in [0.717, 1.165) is 18.2 Å². The quantitative estimate of drug-likeness (QED) is 0.898. The van der Waals surface area contributed by atoms with E-state index in [1.807, 2.05) is 19.1 Å². The first kappa shape index (κ1) is 18.6. The minimum Gasteiger partial charge on any atom is -0.476 e. The van der Waals surface area contributed by atoms with Gasteiger partial charge in [-0.3, -0.25) is 9.10 Å². The summed E-state index contributed by atoms with van der Waals surface area (Å²) in [5.74, 6) is 0.118. The number of amides is 1. The first-order chi connectivity index (χ1) is 11.0. The fourth-order valence-corrected chi connectivity index (χ4v) is 3.44. The highest BCUT2D eigenvalue weighted by molar-refractivity contribution is 7.92. The van der Waals surface area contributed by atoms with Crippen LogP contribution in [0.15, 0.2) is 18.2 Å².